The number of nitrogens with zero attached hydrogens (tertiary/aromatic N) is 1. The molecule has 2 aromatic rings. The molecule has 0 aliphatic carbocycles. The third-order valence-electron chi connectivity index (χ3n) is 3.62. The second-order valence-corrected chi connectivity index (χ2v) is 8.69. The Balaban J connectivity index is 0.000000805. The van der Waals surface area contributed by atoms with Gasteiger partial charge in [0.15, 0.2) is 0 Å². The maximum Gasteiger partial charge on any atom is 0.673 e. The molecule has 3 nitrogen and oxygen atoms in total. The quantitative estimate of drug-likeness (QED) is 0.207. The van der Waals surface area contributed by atoms with Crippen molar-refractivity contribution in [2.75, 3.05) is 7.11 Å². The Labute approximate surface area is 182 Å². The van der Waals surface area contributed by atoms with Gasteiger partial charge in [-0.2, -0.15) is 0 Å². The van der Waals surface area contributed by atoms with E-state index in [1.165, 1.54) is 5.56 Å². The van der Waals surface area contributed by atoms with Crippen molar-refractivity contribution < 1.29 is 48.5 Å². The van der Waals surface area contributed by atoms with E-state index in [-0.39, 0.29) is 10.8 Å². The van der Waals surface area contributed by atoms with Crippen LogP contribution in [0.4, 0.5) is 34.5 Å². The van der Waals surface area contributed by atoms with E-state index in [2.05, 4.69) is 65.8 Å². The summed E-state index contributed by atoms with van der Waals surface area (Å²) in [6.07, 6.45) is 3.82. The molecule has 0 atom stereocenters. The second kappa shape index (κ2) is 11.0. The van der Waals surface area contributed by atoms with Crippen molar-refractivity contribution in [3.63, 3.8) is 0 Å². The van der Waals surface area contributed by atoms with Crippen LogP contribution in [0.25, 0.3) is 11.1 Å². The van der Waals surface area contributed by atoms with Crippen molar-refractivity contribution in [1.29, 1.82) is 0 Å². The molecule has 13 heteroatoms. The summed E-state index contributed by atoms with van der Waals surface area (Å²) >= 11 is 0. The van der Waals surface area contributed by atoms with Crippen LogP contribution in [-0.2, 0) is 10.8 Å². The first kappa shape index (κ1) is 29.7. The van der Waals surface area contributed by atoms with Crippen LogP contribution in [-0.4, -0.2) is 21.6 Å². The highest BCUT2D eigenvalue weighted by atomic mass is 19.5. The van der Waals surface area contributed by atoms with E-state index in [1.54, 1.807) is 11.8 Å². The van der Waals surface area contributed by atoms with E-state index >= 15 is 0 Å². The standard InChI is InChI=1S/C19H27NO2.2BF4/c1-18(2,3)16-12-15(13-17(22-16)19(4,5)6)14-8-10-20(21-7)11-9-14;2*2-1(3,4)5/h8-13H,1-7H3;;/q+2;2*-1. The van der Waals surface area contributed by atoms with Gasteiger partial charge in [-0.3, -0.25) is 4.84 Å². The summed E-state index contributed by atoms with van der Waals surface area (Å²) in [5.74, 6) is 2.00. The molecule has 0 saturated carbocycles. The fraction of sp³-hybridized carbons (Fsp3) is 0.474. The zero-order valence-corrected chi connectivity index (χ0v) is 18.9. The molecule has 2 rings (SSSR count). The summed E-state index contributed by atoms with van der Waals surface area (Å²) in [4.78, 5) is 5.16. The third kappa shape index (κ3) is 13.9. The molecule has 2 aromatic heterocycles. The minimum absolute atomic E-state index is 0.0305. The molecule has 2 heterocycles. The molecule has 0 fully saturated rings. The Morgan fingerprint density at radius 2 is 1.00 bits per heavy atom. The molecule has 0 N–H and O–H groups in total. The predicted molar refractivity (Wildman–Crippen MR) is 109 cm³/mol. The third-order valence-corrected chi connectivity index (χ3v) is 3.62. The first-order valence-electron chi connectivity index (χ1n) is 9.41. The molecule has 0 bridgehead atoms. The maximum absolute atomic E-state index is 9.75. The number of rotatable bonds is 2. The number of hydrogen-bond donors (Lipinski definition) is 0. The van der Waals surface area contributed by atoms with E-state index in [0.29, 0.717) is 0 Å². The molecule has 0 radical (unpaired) electrons. The highest BCUT2D eigenvalue weighted by molar-refractivity contribution is 6.50. The van der Waals surface area contributed by atoms with Crippen LogP contribution in [0.2, 0.25) is 0 Å². The maximum atomic E-state index is 9.75. The van der Waals surface area contributed by atoms with Gasteiger partial charge in [-0.25, -0.2) is 4.42 Å². The fourth-order valence-corrected chi connectivity index (χ4v) is 2.13. The van der Waals surface area contributed by atoms with Gasteiger partial charge in [-0.15, -0.1) is 0 Å². The molecule has 0 aliphatic heterocycles. The van der Waals surface area contributed by atoms with Crippen molar-refractivity contribution in [1.82, 2.24) is 0 Å². The van der Waals surface area contributed by atoms with Gasteiger partial charge in [0, 0.05) is 34.6 Å². The first-order chi connectivity index (χ1) is 14.1. The van der Waals surface area contributed by atoms with Crippen molar-refractivity contribution in [2.24, 2.45) is 0 Å². The molecular formula is C19H27B2F8NO2. The van der Waals surface area contributed by atoms with Gasteiger partial charge in [0.25, 0.3) is 0 Å². The van der Waals surface area contributed by atoms with E-state index in [1.807, 2.05) is 12.4 Å². The number of hydrogen-bond acceptors (Lipinski definition) is 1. The van der Waals surface area contributed by atoms with Crippen LogP contribution in [0.1, 0.15) is 53.1 Å². The Morgan fingerprint density at radius 1 is 0.688 bits per heavy atom. The highest BCUT2D eigenvalue weighted by Crippen LogP contribution is 2.33. The lowest BCUT2D eigenvalue weighted by molar-refractivity contribution is -0.885. The van der Waals surface area contributed by atoms with Crippen LogP contribution in [0.5, 0.6) is 0 Å². The first-order valence-corrected chi connectivity index (χ1v) is 9.41. The van der Waals surface area contributed by atoms with Crippen LogP contribution in [0.15, 0.2) is 41.1 Å². The summed E-state index contributed by atoms with van der Waals surface area (Å²) in [6.45, 7) is 13.0. The van der Waals surface area contributed by atoms with Gasteiger partial charge in [0.2, 0.25) is 12.4 Å². The molecule has 0 aromatic carbocycles. The smallest absolute Gasteiger partial charge is 0.418 e. The summed E-state index contributed by atoms with van der Waals surface area (Å²) in [5, 5.41) is 0. The van der Waals surface area contributed by atoms with E-state index in [4.69, 9.17) is 9.25 Å². The zero-order chi connectivity index (χ0) is 25.5. The zero-order valence-electron chi connectivity index (χ0n) is 18.9. The fourth-order valence-electron chi connectivity index (χ4n) is 2.13. The summed E-state index contributed by atoms with van der Waals surface area (Å²) in [6, 6.07) is 8.39. The molecule has 0 saturated heterocycles. The van der Waals surface area contributed by atoms with Gasteiger partial charge < -0.3 is 34.5 Å². The van der Waals surface area contributed by atoms with Crippen molar-refractivity contribution in [3.05, 3.63) is 48.2 Å². The lowest BCUT2D eigenvalue weighted by Crippen LogP contribution is -2.39. The SMILES string of the molecule is CO[n+]1ccc(-c2cc(C(C)(C)C)[o+]c(C(C)(C)C)c2)cc1.F[B-](F)(F)F.F[B-](F)(F)F. The molecule has 0 unspecified atom stereocenters. The van der Waals surface area contributed by atoms with Gasteiger partial charge >= 0.3 is 26.0 Å². The van der Waals surface area contributed by atoms with Gasteiger partial charge in [0.05, 0.1) is 10.8 Å². The van der Waals surface area contributed by atoms with Crippen LogP contribution in [0.3, 0.4) is 0 Å². The molecule has 0 aliphatic rings. The van der Waals surface area contributed by atoms with E-state index < -0.39 is 14.5 Å². The normalized spacial score (nSPS) is 12.2. The molecular weight excluding hydrogens is 448 g/mol. The Bertz CT molecular complexity index is 787. The highest BCUT2D eigenvalue weighted by Gasteiger charge is 2.34. The van der Waals surface area contributed by atoms with Crippen molar-refractivity contribution in [3.8, 4) is 11.1 Å². The minimum Gasteiger partial charge on any atom is -0.418 e. The van der Waals surface area contributed by atoms with Crippen LogP contribution in [0, 0.1) is 0 Å². The van der Waals surface area contributed by atoms with Gasteiger partial charge in [-0.1, -0.05) is 0 Å². The second-order valence-electron chi connectivity index (χ2n) is 8.69. The lowest BCUT2D eigenvalue weighted by atomic mass is 9.88. The average Bonchev–Trinajstić information content (AvgIpc) is 2.57. The van der Waals surface area contributed by atoms with Crippen molar-refractivity contribution in [2.45, 2.75) is 52.4 Å². The predicted octanol–water partition coefficient (Wildman–Crippen LogP) is 6.77. The van der Waals surface area contributed by atoms with Crippen molar-refractivity contribution >= 4 is 14.5 Å². The average molecular weight is 475 g/mol. The van der Waals surface area contributed by atoms with Gasteiger partial charge in [-0.05, 0) is 47.1 Å². The van der Waals surface area contributed by atoms with E-state index in [9.17, 15) is 34.5 Å². The summed E-state index contributed by atoms with van der Waals surface area (Å²) < 4.78 is 85.9. The largest absolute Gasteiger partial charge is 0.673 e. The van der Waals surface area contributed by atoms with Gasteiger partial charge in [0.1, 0.15) is 7.11 Å². The Morgan fingerprint density at radius 3 is 1.25 bits per heavy atom. The topological polar surface area (TPSA) is 24.4 Å². The Hall–Kier alpha value is -2.33. The molecule has 0 spiro atoms. The Kier molecular flexibility index (Phi) is 10.2. The monoisotopic (exact) mass is 475 g/mol. The number of aromatic nitrogens is 1. The molecule has 32 heavy (non-hydrogen) atoms. The lowest BCUT2D eigenvalue weighted by Gasteiger charge is -2.15. The molecule has 182 valence electrons. The summed E-state index contributed by atoms with van der Waals surface area (Å²) in [5.41, 5.74) is 2.26. The summed E-state index contributed by atoms with van der Waals surface area (Å²) in [7, 11) is -10.4. The van der Waals surface area contributed by atoms with Crippen LogP contribution < -0.4 is 9.57 Å². The van der Waals surface area contributed by atoms with E-state index in [0.717, 1.165) is 17.1 Å². The minimum atomic E-state index is -6.00. The molecule has 0 amide bonds. The number of pyridine rings is 1. The number of halogens is 8. The van der Waals surface area contributed by atoms with Crippen LogP contribution >= 0.6 is 0 Å².